The van der Waals surface area contributed by atoms with Crippen LogP contribution in [0.15, 0.2) is 24.3 Å². The second-order valence-corrected chi connectivity index (χ2v) is 7.31. The molecule has 2 aliphatic heterocycles. The molecular formula is C20H30N4O2. The van der Waals surface area contributed by atoms with Crippen LogP contribution < -0.4 is 10.6 Å². The lowest BCUT2D eigenvalue weighted by Crippen LogP contribution is -2.45. The maximum atomic E-state index is 11.7. The van der Waals surface area contributed by atoms with Crippen molar-refractivity contribution in [1.29, 1.82) is 0 Å². The molecule has 2 saturated heterocycles. The third kappa shape index (κ3) is 5.37. The fraction of sp³-hybridized carbons (Fsp3) is 0.600. The number of nitrogens with one attached hydrogen (secondary N) is 2. The zero-order valence-electron chi connectivity index (χ0n) is 15.7. The molecule has 142 valence electrons. The Morgan fingerprint density at radius 3 is 2.35 bits per heavy atom. The van der Waals surface area contributed by atoms with Gasteiger partial charge in [0, 0.05) is 52.2 Å². The van der Waals surface area contributed by atoms with E-state index >= 15 is 0 Å². The monoisotopic (exact) mass is 358 g/mol. The van der Waals surface area contributed by atoms with Crippen molar-refractivity contribution < 1.29 is 9.59 Å². The molecule has 2 fully saturated rings. The van der Waals surface area contributed by atoms with E-state index < -0.39 is 0 Å². The van der Waals surface area contributed by atoms with Gasteiger partial charge in [0.2, 0.25) is 11.8 Å². The molecule has 0 saturated carbocycles. The fourth-order valence-electron chi connectivity index (χ4n) is 3.61. The highest BCUT2D eigenvalue weighted by Gasteiger charge is 2.25. The second-order valence-electron chi connectivity index (χ2n) is 7.31. The molecule has 0 aliphatic carbocycles. The first kappa shape index (κ1) is 19.0. The Labute approximate surface area is 155 Å². The van der Waals surface area contributed by atoms with Gasteiger partial charge in [-0.25, -0.2) is 0 Å². The number of hydrogen-bond donors (Lipinski definition) is 2. The summed E-state index contributed by atoms with van der Waals surface area (Å²) in [5.41, 5.74) is 2.57. The number of piperazine rings is 1. The van der Waals surface area contributed by atoms with Gasteiger partial charge in [-0.15, -0.1) is 0 Å². The minimum atomic E-state index is -0.155. The number of piperidine rings is 1. The molecule has 2 amide bonds. The minimum Gasteiger partial charge on any atom is -0.312 e. The topological polar surface area (TPSA) is 64.7 Å². The quantitative estimate of drug-likeness (QED) is 0.711. The van der Waals surface area contributed by atoms with E-state index in [1.165, 1.54) is 24.2 Å². The van der Waals surface area contributed by atoms with Crippen molar-refractivity contribution >= 4 is 11.8 Å². The van der Waals surface area contributed by atoms with Gasteiger partial charge in [0.25, 0.3) is 0 Å². The number of likely N-dealkylation sites (N-methyl/N-ethyl adjacent to an activating group) is 1. The number of rotatable bonds is 7. The lowest BCUT2D eigenvalue weighted by molar-refractivity contribution is -0.136. The molecule has 26 heavy (non-hydrogen) atoms. The predicted molar refractivity (Wildman–Crippen MR) is 101 cm³/mol. The van der Waals surface area contributed by atoms with Crippen molar-refractivity contribution in [2.24, 2.45) is 5.92 Å². The van der Waals surface area contributed by atoms with Crippen LogP contribution >= 0.6 is 0 Å². The predicted octanol–water partition coefficient (Wildman–Crippen LogP) is 0.967. The number of benzene rings is 1. The van der Waals surface area contributed by atoms with Crippen molar-refractivity contribution in [3.8, 4) is 0 Å². The highest BCUT2D eigenvalue weighted by atomic mass is 16.2. The van der Waals surface area contributed by atoms with Crippen LogP contribution in [0.5, 0.6) is 0 Å². The number of hydrogen-bond acceptors (Lipinski definition) is 5. The van der Waals surface area contributed by atoms with E-state index in [1.54, 1.807) is 0 Å². The van der Waals surface area contributed by atoms with Gasteiger partial charge in [-0.2, -0.15) is 0 Å². The molecule has 6 nitrogen and oxygen atoms in total. The average molecular weight is 358 g/mol. The van der Waals surface area contributed by atoms with Gasteiger partial charge in [0.1, 0.15) is 0 Å². The Kier molecular flexibility index (Phi) is 6.77. The van der Waals surface area contributed by atoms with Crippen molar-refractivity contribution in [2.45, 2.75) is 32.9 Å². The number of imide groups is 1. The third-order valence-corrected chi connectivity index (χ3v) is 5.41. The summed E-state index contributed by atoms with van der Waals surface area (Å²) in [6, 6.07) is 8.73. The van der Waals surface area contributed by atoms with Crippen LogP contribution in [0.25, 0.3) is 0 Å². The summed E-state index contributed by atoms with van der Waals surface area (Å²) in [6.45, 7) is 10.4. The van der Waals surface area contributed by atoms with E-state index in [4.69, 9.17) is 0 Å². The minimum absolute atomic E-state index is 0.103. The molecule has 0 bridgehead atoms. The number of carbonyl (C=O) groups is 2. The van der Waals surface area contributed by atoms with Crippen LogP contribution in [0.4, 0.5) is 0 Å². The lowest BCUT2D eigenvalue weighted by Gasteiger charge is -2.34. The molecule has 1 aromatic rings. The smallest absolute Gasteiger partial charge is 0.230 e. The Morgan fingerprint density at radius 1 is 1.04 bits per heavy atom. The summed E-state index contributed by atoms with van der Waals surface area (Å²) in [4.78, 5) is 27.9. The molecule has 0 aromatic heterocycles. The molecule has 1 aromatic carbocycles. The number of nitrogens with zero attached hydrogens (tertiary/aromatic N) is 2. The normalized spacial score (nSPS) is 22.4. The van der Waals surface area contributed by atoms with Crippen LogP contribution in [0.2, 0.25) is 0 Å². The largest absolute Gasteiger partial charge is 0.312 e. The standard InChI is InChI=1S/C20H30N4O2/c1-2-23-9-11-24(12-10-23)15-17-5-3-16(4-6-17)13-21-14-18-7-8-19(25)22-20(18)26/h3-6,18,21H,2,7-15H2,1H3,(H,22,25,26). The summed E-state index contributed by atoms with van der Waals surface area (Å²) in [7, 11) is 0. The molecule has 1 unspecified atom stereocenters. The summed E-state index contributed by atoms with van der Waals surface area (Å²) in [6.07, 6.45) is 1.08. The first-order valence-corrected chi connectivity index (χ1v) is 9.71. The van der Waals surface area contributed by atoms with E-state index in [0.717, 1.165) is 32.7 Å². The van der Waals surface area contributed by atoms with Crippen LogP contribution in [0, 0.1) is 5.92 Å². The van der Waals surface area contributed by atoms with Gasteiger partial charge in [-0.05, 0) is 24.1 Å². The SMILES string of the molecule is CCN1CCN(Cc2ccc(CNCC3CCC(=O)NC3=O)cc2)CC1. The fourth-order valence-corrected chi connectivity index (χ4v) is 3.61. The maximum absolute atomic E-state index is 11.7. The molecule has 3 rings (SSSR count). The van der Waals surface area contributed by atoms with E-state index in [1.807, 2.05) is 0 Å². The molecule has 2 aliphatic rings. The van der Waals surface area contributed by atoms with E-state index in [9.17, 15) is 9.59 Å². The Balaban J connectivity index is 1.39. The van der Waals surface area contributed by atoms with Crippen molar-refractivity contribution in [3.63, 3.8) is 0 Å². The zero-order valence-corrected chi connectivity index (χ0v) is 15.7. The van der Waals surface area contributed by atoms with Crippen molar-refractivity contribution in [2.75, 3.05) is 39.3 Å². The van der Waals surface area contributed by atoms with Crippen molar-refractivity contribution in [1.82, 2.24) is 20.4 Å². The van der Waals surface area contributed by atoms with Gasteiger partial charge in [0.15, 0.2) is 0 Å². The Bertz CT molecular complexity index is 609. The van der Waals surface area contributed by atoms with Gasteiger partial charge in [0.05, 0.1) is 5.92 Å². The summed E-state index contributed by atoms with van der Waals surface area (Å²) in [5.74, 6) is -0.404. The summed E-state index contributed by atoms with van der Waals surface area (Å²) < 4.78 is 0. The Morgan fingerprint density at radius 2 is 1.69 bits per heavy atom. The second kappa shape index (κ2) is 9.26. The number of carbonyl (C=O) groups excluding carboxylic acids is 2. The molecule has 1 atom stereocenters. The molecular weight excluding hydrogens is 328 g/mol. The van der Waals surface area contributed by atoms with Gasteiger partial charge in [-0.1, -0.05) is 31.2 Å². The lowest BCUT2D eigenvalue weighted by atomic mass is 9.98. The maximum Gasteiger partial charge on any atom is 0.230 e. The average Bonchev–Trinajstić information content (AvgIpc) is 2.65. The molecule has 2 heterocycles. The van der Waals surface area contributed by atoms with Crippen LogP contribution in [-0.4, -0.2) is 60.9 Å². The van der Waals surface area contributed by atoms with E-state index in [-0.39, 0.29) is 17.7 Å². The molecule has 6 heteroatoms. The molecule has 2 N–H and O–H groups in total. The van der Waals surface area contributed by atoms with Crippen LogP contribution in [0.1, 0.15) is 30.9 Å². The highest BCUT2D eigenvalue weighted by Crippen LogP contribution is 2.12. The van der Waals surface area contributed by atoms with Gasteiger partial charge in [-0.3, -0.25) is 19.8 Å². The first-order valence-electron chi connectivity index (χ1n) is 9.71. The highest BCUT2D eigenvalue weighted by molar-refractivity contribution is 5.98. The number of amides is 2. The zero-order chi connectivity index (χ0) is 18.4. The third-order valence-electron chi connectivity index (χ3n) is 5.41. The molecule has 0 spiro atoms. The van der Waals surface area contributed by atoms with Crippen molar-refractivity contribution in [3.05, 3.63) is 35.4 Å². The first-order chi connectivity index (χ1) is 12.6. The van der Waals surface area contributed by atoms with E-state index in [2.05, 4.69) is 51.6 Å². The summed E-state index contributed by atoms with van der Waals surface area (Å²) >= 11 is 0. The molecule has 0 radical (unpaired) electrons. The van der Waals surface area contributed by atoms with Gasteiger partial charge < -0.3 is 10.2 Å². The van der Waals surface area contributed by atoms with Gasteiger partial charge >= 0.3 is 0 Å². The Hall–Kier alpha value is -1.76. The summed E-state index contributed by atoms with van der Waals surface area (Å²) in [5, 5.41) is 5.75. The van der Waals surface area contributed by atoms with Crippen LogP contribution in [0.3, 0.4) is 0 Å². The van der Waals surface area contributed by atoms with E-state index in [0.29, 0.717) is 19.4 Å². The van der Waals surface area contributed by atoms with Crippen LogP contribution in [-0.2, 0) is 22.7 Å².